The minimum Gasteiger partial charge on any atom is -0.497 e. The first kappa shape index (κ1) is 21.6. The first-order chi connectivity index (χ1) is 15.4. The summed E-state index contributed by atoms with van der Waals surface area (Å²) in [5, 5.41) is 9.88. The fourth-order valence-electron chi connectivity index (χ4n) is 4.73. The molecule has 5 nitrogen and oxygen atoms in total. The van der Waals surface area contributed by atoms with E-state index in [1.54, 1.807) is 24.1 Å². The molecule has 0 aromatic heterocycles. The van der Waals surface area contributed by atoms with E-state index in [1.807, 2.05) is 43.3 Å². The predicted octanol–water partition coefficient (Wildman–Crippen LogP) is 4.84. The third kappa shape index (κ3) is 3.73. The molecular weight excluding hydrogens is 409 g/mol. The van der Waals surface area contributed by atoms with Crippen molar-refractivity contribution in [2.75, 3.05) is 12.0 Å². The lowest BCUT2D eigenvalue weighted by Crippen LogP contribution is -2.48. The number of hydrogen-bond donors (Lipinski definition) is 1. The minimum atomic E-state index is -0.947. The molecule has 0 spiro atoms. The van der Waals surface area contributed by atoms with Crippen molar-refractivity contribution >= 4 is 17.6 Å². The molecular formula is C26H24FNO4. The number of halogens is 1. The molecule has 2 atom stereocenters. The SMILES string of the molecule is COc1ccc2c(c1)C(CC(=O)O)(Cc1ccccc1)C(C)N2C(=O)c1ccc(F)cc1. The average Bonchev–Trinajstić information content (AvgIpc) is 3.01. The largest absolute Gasteiger partial charge is 0.497 e. The Bertz CT molecular complexity index is 1150. The number of fused-ring (bicyclic) bond motifs is 1. The standard InChI is InChI=1S/C26H24FNO4/c1-17-26(16-24(29)30,15-18-6-4-3-5-7-18)22-14-21(32-2)12-13-23(22)28(17)25(31)19-8-10-20(27)11-9-19/h3-14,17H,15-16H2,1-2H3,(H,29,30). The van der Waals surface area contributed by atoms with Gasteiger partial charge in [0.1, 0.15) is 11.6 Å². The molecule has 1 amide bonds. The van der Waals surface area contributed by atoms with Crippen molar-refractivity contribution in [3.63, 3.8) is 0 Å². The van der Waals surface area contributed by atoms with Gasteiger partial charge in [0.05, 0.1) is 13.5 Å². The number of carbonyl (C=O) groups is 2. The summed E-state index contributed by atoms with van der Waals surface area (Å²) in [5.74, 6) is -1.08. The van der Waals surface area contributed by atoms with Crippen molar-refractivity contribution in [3.05, 3.63) is 95.3 Å². The Morgan fingerprint density at radius 2 is 1.75 bits per heavy atom. The summed E-state index contributed by atoms with van der Waals surface area (Å²) in [6, 6.07) is 20.0. The summed E-state index contributed by atoms with van der Waals surface area (Å²) in [4.78, 5) is 27.2. The Hall–Kier alpha value is -3.67. The van der Waals surface area contributed by atoms with E-state index in [9.17, 15) is 19.1 Å². The molecule has 1 N–H and O–H groups in total. The van der Waals surface area contributed by atoms with Crippen molar-refractivity contribution in [2.24, 2.45) is 0 Å². The van der Waals surface area contributed by atoms with Crippen LogP contribution in [0.3, 0.4) is 0 Å². The Morgan fingerprint density at radius 1 is 1.06 bits per heavy atom. The fraction of sp³-hybridized carbons (Fsp3) is 0.231. The lowest BCUT2D eigenvalue weighted by Gasteiger charge is -2.36. The van der Waals surface area contributed by atoms with Gasteiger partial charge in [-0.3, -0.25) is 9.59 Å². The maximum Gasteiger partial charge on any atom is 0.304 e. The van der Waals surface area contributed by atoms with E-state index in [2.05, 4.69) is 0 Å². The molecule has 164 valence electrons. The van der Waals surface area contributed by atoms with Gasteiger partial charge in [0, 0.05) is 22.7 Å². The van der Waals surface area contributed by atoms with Gasteiger partial charge in [0.15, 0.2) is 0 Å². The van der Waals surface area contributed by atoms with Crippen molar-refractivity contribution < 1.29 is 23.8 Å². The number of benzene rings is 3. The van der Waals surface area contributed by atoms with Crippen LogP contribution in [-0.4, -0.2) is 30.1 Å². The summed E-state index contributed by atoms with van der Waals surface area (Å²) in [7, 11) is 1.55. The topological polar surface area (TPSA) is 66.8 Å². The van der Waals surface area contributed by atoms with Gasteiger partial charge in [-0.15, -0.1) is 0 Å². The van der Waals surface area contributed by atoms with Crippen LogP contribution in [0.5, 0.6) is 5.75 Å². The van der Waals surface area contributed by atoms with E-state index in [-0.39, 0.29) is 12.3 Å². The highest BCUT2D eigenvalue weighted by Crippen LogP contribution is 2.51. The summed E-state index contributed by atoms with van der Waals surface area (Å²) >= 11 is 0. The lowest BCUT2D eigenvalue weighted by atomic mass is 9.70. The molecule has 0 fully saturated rings. The van der Waals surface area contributed by atoms with Gasteiger partial charge < -0.3 is 14.7 Å². The monoisotopic (exact) mass is 433 g/mol. The Kier molecular flexibility index (Phi) is 5.70. The maximum absolute atomic E-state index is 13.5. The highest BCUT2D eigenvalue weighted by atomic mass is 19.1. The van der Waals surface area contributed by atoms with Crippen molar-refractivity contribution in [1.29, 1.82) is 0 Å². The van der Waals surface area contributed by atoms with Gasteiger partial charge >= 0.3 is 5.97 Å². The molecule has 3 aromatic rings. The smallest absolute Gasteiger partial charge is 0.304 e. The lowest BCUT2D eigenvalue weighted by molar-refractivity contribution is -0.138. The zero-order valence-corrected chi connectivity index (χ0v) is 17.9. The molecule has 0 saturated heterocycles. The Labute approximate surface area is 186 Å². The Morgan fingerprint density at radius 3 is 2.38 bits per heavy atom. The quantitative estimate of drug-likeness (QED) is 0.604. The summed E-state index contributed by atoms with van der Waals surface area (Å²) in [6.45, 7) is 1.87. The fourth-order valence-corrected chi connectivity index (χ4v) is 4.73. The van der Waals surface area contributed by atoms with Crippen molar-refractivity contribution in [2.45, 2.75) is 31.2 Å². The van der Waals surface area contributed by atoms with E-state index in [4.69, 9.17) is 4.74 Å². The number of anilines is 1. The summed E-state index contributed by atoms with van der Waals surface area (Å²) in [6.07, 6.45) is 0.283. The third-order valence-electron chi connectivity index (χ3n) is 6.33. The van der Waals surface area contributed by atoms with Crippen LogP contribution in [0.25, 0.3) is 0 Å². The molecule has 2 unspecified atom stereocenters. The molecule has 1 aliphatic rings. The molecule has 1 heterocycles. The first-order valence-electron chi connectivity index (χ1n) is 10.4. The highest BCUT2D eigenvalue weighted by Gasteiger charge is 2.52. The van der Waals surface area contributed by atoms with Crippen LogP contribution in [0.1, 0.15) is 34.8 Å². The molecule has 0 saturated carbocycles. The van der Waals surface area contributed by atoms with Crippen LogP contribution >= 0.6 is 0 Å². The van der Waals surface area contributed by atoms with Gasteiger partial charge in [-0.25, -0.2) is 4.39 Å². The average molecular weight is 433 g/mol. The zero-order chi connectivity index (χ0) is 22.9. The van der Waals surface area contributed by atoms with Crippen LogP contribution in [-0.2, 0) is 16.6 Å². The normalized spacial score (nSPS) is 19.5. The number of aliphatic carboxylic acids is 1. The van der Waals surface area contributed by atoms with Crippen molar-refractivity contribution in [1.82, 2.24) is 0 Å². The molecule has 0 radical (unpaired) electrons. The second-order valence-corrected chi connectivity index (χ2v) is 8.13. The number of hydrogen-bond acceptors (Lipinski definition) is 3. The number of rotatable bonds is 6. The number of amides is 1. The number of methoxy groups -OCH3 is 1. The van der Waals surface area contributed by atoms with Crippen LogP contribution in [0.4, 0.5) is 10.1 Å². The number of carbonyl (C=O) groups excluding carboxylic acids is 1. The van der Waals surface area contributed by atoms with Gasteiger partial charge in [-0.2, -0.15) is 0 Å². The van der Waals surface area contributed by atoms with Crippen LogP contribution in [0, 0.1) is 5.82 Å². The van der Waals surface area contributed by atoms with Crippen LogP contribution in [0.2, 0.25) is 0 Å². The molecule has 32 heavy (non-hydrogen) atoms. The molecule has 6 heteroatoms. The summed E-state index contributed by atoms with van der Waals surface area (Å²) < 4.78 is 18.9. The summed E-state index contributed by atoms with van der Waals surface area (Å²) in [5.41, 5.74) is 1.85. The maximum atomic E-state index is 13.5. The van der Waals surface area contributed by atoms with E-state index in [1.165, 1.54) is 24.3 Å². The van der Waals surface area contributed by atoms with Crippen LogP contribution in [0.15, 0.2) is 72.8 Å². The number of ether oxygens (including phenoxy) is 1. The molecule has 0 bridgehead atoms. The van der Waals surface area contributed by atoms with Crippen molar-refractivity contribution in [3.8, 4) is 5.75 Å². The number of carboxylic acid groups (broad SMARTS) is 1. The molecule has 1 aliphatic heterocycles. The van der Waals surface area contributed by atoms with E-state index in [0.717, 1.165) is 11.1 Å². The third-order valence-corrected chi connectivity index (χ3v) is 6.33. The van der Waals surface area contributed by atoms with Gasteiger partial charge in [-0.1, -0.05) is 30.3 Å². The number of nitrogens with zero attached hydrogens (tertiary/aromatic N) is 1. The molecule has 0 aliphatic carbocycles. The molecule has 3 aromatic carbocycles. The van der Waals surface area contributed by atoms with Gasteiger partial charge in [-0.05, 0) is 66.9 Å². The van der Waals surface area contributed by atoms with Crippen LogP contribution < -0.4 is 9.64 Å². The van der Waals surface area contributed by atoms with Gasteiger partial charge in [0.2, 0.25) is 0 Å². The minimum absolute atomic E-state index is 0.156. The second kappa shape index (κ2) is 8.46. The number of carboxylic acids is 1. The molecule has 4 rings (SSSR count). The zero-order valence-electron chi connectivity index (χ0n) is 17.9. The van der Waals surface area contributed by atoms with Gasteiger partial charge in [0.25, 0.3) is 5.91 Å². The first-order valence-corrected chi connectivity index (χ1v) is 10.4. The highest BCUT2D eigenvalue weighted by molar-refractivity contribution is 6.08. The Balaban J connectivity index is 1.89. The van der Waals surface area contributed by atoms with E-state index < -0.39 is 23.2 Å². The predicted molar refractivity (Wildman–Crippen MR) is 120 cm³/mol. The van der Waals surface area contributed by atoms with E-state index >= 15 is 0 Å². The second-order valence-electron chi connectivity index (χ2n) is 8.13. The van der Waals surface area contributed by atoms with E-state index in [0.29, 0.717) is 23.4 Å².